The van der Waals surface area contributed by atoms with Crippen molar-refractivity contribution in [3.8, 4) is 0 Å². The summed E-state index contributed by atoms with van der Waals surface area (Å²) in [4.78, 5) is 28.4. The summed E-state index contributed by atoms with van der Waals surface area (Å²) >= 11 is 1.25. The van der Waals surface area contributed by atoms with Crippen LogP contribution in [0.25, 0.3) is 5.70 Å². The molecule has 2 aliphatic rings. The molecule has 0 aromatic carbocycles. The highest BCUT2D eigenvalue weighted by atomic mass is 32.1. The summed E-state index contributed by atoms with van der Waals surface area (Å²) < 4.78 is 0. The molecule has 0 unspecified atom stereocenters. The first-order chi connectivity index (χ1) is 9.08. The van der Waals surface area contributed by atoms with Crippen LogP contribution in [0.1, 0.15) is 15.5 Å². The highest BCUT2D eigenvalue weighted by Gasteiger charge is 2.34. The van der Waals surface area contributed by atoms with Gasteiger partial charge in [0.15, 0.2) is 5.82 Å². The Morgan fingerprint density at radius 3 is 3.05 bits per heavy atom. The Morgan fingerprint density at radius 2 is 2.37 bits per heavy atom. The van der Waals surface area contributed by atoms with E-state index < -0.39 is 5.91 Å². The monoisotopic (exact) mass is 279 g/mol. The third-order valence-corrected chi connectivity index (χ3v) is 3.50. The van der Waals surface area contributed by atoms with Gasteiger partial charge in [0.2, 0.25) is 0 Å². The Bertz CT molecular complexity index is 634. The molecular formula is C9H9N7O2S. The predicted octanol–water partition coefficient (Wildman–Crippen LogP) is 0.163. The second kappa shape index (κ2) is 4.02. The molecular weight excluding hydrogens is 270 g/mol. The number of nitrogens with one attached hydrogen (secondary N) is 1. The number of fused-ring (bicyclic) bond motifs is 1. The molecule has 0 saturated heterocycles. The summed E-state index contributed by atoms with van der Waals surface area (Å²) in [6.07, 6.45) is 0. The average Bonchev–Trinajstić information content (AvgIpc) is 2.99. The number of rotatable bonds is 2. The van der Waals surface area contributed by atoms with Crippen LogP contribution in [0.2, 0.25) is 0 Å². The Labute approximate surface area is 111 Å². The zero-order chi connectivity index (χ0) is 13.6. The number of amides is 3. The fraction of sp³-hybridized carbons (Fsp3) is 0.222. The summed E-state index contributed by atoms with van der Waals surface area (Å²) in [6.45, 7) is 0.290. The summed E-state index contributed by atoms with van der Waals surface area (Å²) in [5.74, 6) is -0.197. The van der Waals surface area contributed by atoms with Gasteiger partial charge in [-0.2, -0.15) is 5.01 Å². The maximum absolute atomic E-state index is 11.8. The second-order valence-corrected chi connectivity index (χ2v) is 4.72. The van der Waals surface area contributed by atoms with Crippen LogP contribution in [0.4, 0.5) is 4.79 Å². The first-order valence-corrected chi connectivity index (χ1v) is 6.16. The maximum Gasteiger partial charge on any atom is 0.348 e. The van der Waals surface area contributed by atoms with Crippen molar-refractivity contribution < 1.29 is 9.59 Å². The summed E-state index contributed by atoms with van der Waals surface area (Å²) in [7, 11) is 1.52. The number of nitrogens with two attached hydrogens (primary N) is 1. The van der Waals surface area contributed by atoms with Gasteiger partial charge >= 0.3 is 6.03 Å². The summed E-state index contributed by atoms with van der Waals surface area (Å²) in [5.41, 5.74) is 5.91. The number of carbonyl (C=O) groups is 2. The molecule has 0 bridgehead atoms. The lowest BCUT2D eigenvalue weighted by atomic mass is 10.4. The van der Waals surface area contributed by atoms with E-state index in [0.29, 0.717) is 23.2 Å². The van der Waals surface area contributed by atoms with Crippen molar-refractivity contribution in [1.29, 1.82) is 0 Å². The van der Waals surface area contributed by atoms with E-state index in [0.717, 1.165) is 5.01 Å². The Morgan fingerprint density at radius 1 is 1.58 bits per heavy atom. The molecule has 1 aromatic rings. The smallest absolute Gasteiger partial charge is 0.348 e. The van der Waals surface area contributed by atoms with Crippen LogP contribution in [0.3, 0.4) is 0 Å². The van der Waals surface area contributed by atoms with E-state index in [2.05, 4.69) is 20.6 Å². The van der Waals surface area contributed by atoms with Crippen molar-refractivity contribution >= 4 is 29.0 Å². The van der Waals surface area contributed by atoms with Gasteiger partial charge in [-0.15, -0.1) is 16.5 Å². The third-order valence-electron chi connectivity index (χ3n) is 2.65. The van der Waals surface area contributed by atoms with Crippen molar-refractivity contribution in [2.24, 2.45) is 16.1 Å². The predicted molar refractivity (Wildman–Crippen MR) is 65.4 cm³/mol. The van der Waals surface area contributed by atoms with Crippen molar-refractivity contribution in [1.82, 2.24) is 20.2 Å². The van der Waals surface area contributed by atoms with Gasteiger partial charge < -0.3 is 11.1 Å². The van der Waals surface area contributed by atoms with E-state index in [1.54, 1.807) is 5.38 Å². The summed E-state index contributed by atoms with van der Waals surface area (Å²) in [5, 5.41) is 13.9. The van der Waals surface area contributed by atoms with Gasteiger partial charge in [-0.3, -0.25) is 9.69 Å². The molecule has 2 aliphatic heterocycles. The first-order valence-electron chi connectivity index (χ1n) is 5.28. The molecule has 10 heteroatoms. The first kappa shape index (κ1) is 11.6. The molecule has 0 aliphatic carbocycles. The molecule has 0 radical (unpaired) electrons. The second-order valence-electron chi connectivity index (χ2n) is 3.86. The maximum atomic E-state index is 11.8. The molecule has 19 heavy (non-hydrogen) atoms. The molecule has 0 saturated carbocycles. The molecule has 3 N–H and O–H groups in total. The van der Waals surface area contributed by atoms with Gasteiger partial charge in [0, 0.05) is 12.4 Å². The fourth-order valence-electron chi connectivity index (χ4n) is 1.70. The number of aromatic nitrogens is 1. The van der Waals surface area contributed by atoms with Crippen LogP contribution in [-0.2, 0) is 0 Å². The molecule has 0 fully saturated rings. The van der Waals surface area contributed by atoms with E-state index in [9.17, 15) is 9.59 Å². The van der Waals surface area contributed by atoms with Gasteiger partial charge in [0.1, 0.15) is 16.4 Å². The van der Waals surface area contributed by atoms with Crippen molar-refractivity contribution in [3.63, 3.8) is 0 Å². The van der Waals surface area contributed by atoms with Crippen LogP contribution in [0, 0.1) is 0 Å². The topological polar surface area (TPSA) is 116 Å². The average molecular weight is 279 g/mol. The quantitative estimate of drug-likeness (QED) is 0.802. The highest BCUT2D eigenvalue weighted by Crippen LogP contribution is 2.30. The van der Waals surface area contributed by atoms with Crippen molar-refractivity contribution in [2.75, 3.05) is 13.7 Å². The largest absolute Gasteiger partial charge is 0.364 e. The van der Waals surface area contributed by atoms with Gasteiger partial charge in [-0.1, -0.05) is 5.22 Å². The van der Waals surface area contributed by atoms with Crippen LogP contribution in [-0.4, -0.2) is 40.5 Å². The molecule has 3 heterocycles. The van der Waals surface area contributed by atoms with E-state index in [1.807, 2.05) is 0 Å². The van der Waals surface area contributed by atoms with Crippen LogP contribution in [0.5, 0.6) is 0 Å². The Hall–Kier alpha value is -2.49. The normalized spacial score (nSPS) is 17.8. The number of nitrogens with zero attached hydrogens (tertiary/aromatic N) is 5. The van der Waals surface area contributed by atoms with E-state index in [1.165, 1.54) is 23.3 Å². The number of hydrogen-bond acceptors (Lipinski definition) is 7. The van der Waals surface area contributed by atoms with Gasteiger partial charge in [0.05, 0.1) is 6.67 Å². The SMILES string of the molecule is CN1N=NC2=C(c3nc(C(N)=O)cs3)NCN2C1=O. The zero-order valence-corrected chi connectivity index (χ0v) is 10.6. The van der Waals surface area contributed by atoms with Crippen molar-refractivity contribution in [3.05, 3.63) is 21.9 Å². The molecule has 1 aromatic heterocycles. The standard InChI is InChI=1S/C9H9N7O2S/c1-15-9(18)16-3-11-5(7(16)13-14-15)8-12-4(2-19-8)6(10)17/h2,11H,3H2,1H3,(H2,10,17). The molecule has 3 amide bonds. The third kappa shape index (κ3) is 1.73. The van der Waals surface area contributed by atoms with E-state index >= 15 is 0 Å². The number of hydrogen-bond donors (Lipinski definition) is 2. The molecule has 3 rings (SSSR count). The molecule has 0 spiro atoms. The number of urea groups is 1. The number of carbonyl (C=O) groups excluding carboxylic acids is 2. The van der Waals surface area contributed by atoms with Gasteiger partial charge in [-0.05, 0) is 0 Å². The lowest BCUT2D eigenvalue weighted by Crippen LogP contribution is -2.40. The van der Waals surface area contributed by atoms with Crippen LogP contribution >= 0.6 is 11.3 Å². The lowest BCUT2D eigenvalue weighted by Gasteiger charge is -2.23. The minimum atomic E-state index is -0.593. The van der Waals surface area contributed by atoms with Gasteiger partial charge in [0.25, 0.3) is 5.91 Å². The van der Waals surface area contributed by atoms with Crippen LogP contribution in [0.15, 0.2) is 21.5 Å². The number of thiazole rings is 1. The fourth-order valence-corrected chi connectivity index (χ4v) is 2.53. The Balaban J connectivity index is 2.03. The van der Waals surface area contributed by atoms with E-state index in [-0.39, 0.29) is 11.7 Å². The minimum absolute atomic E-state index is 0.185. The van der Waals surface area contributed by atoms with Crippen LogP contribution < -0.4 is 11.1 Å². The highest BCUT2D eigenvalue weighted by molar-refractivity contribution is 7.11. The molecule has 98 valence electrons. The summed E-state index contributed by atoms with van der Waals surface area (Å²) in [6, 6.07) is -0.279. The molecule has 9 nitrogen and oxygen atoms in total. The molecule has 0 atom stereocenters. The minimum Gasteiger partial charge on any atom is -0.364 e. The zero-order valence-electron chi connectivity index (χ0n) is 9.82. The van der Waals surface area contributed by atoms with E-state index in [4.69, 9.17) is 5.73 Å². The number of primary amides is 1. The van der Waals surface area contributed by atoms with Gasteiger partial charge in [-0.25, -0.2) is 9.78 Å². The Kier molecular flexibility index (Phi) is 2.45. The lowest BCUT2D eigenvalue weighted by molar-refractivity contribution is 0.0996. The van der Waals surface area contributed by atoms with Crippen molar-refractivity contribution in [2.45, 2.75) is 0 Å².